The summed E-state index contributed by atoms with van der Waals surface area (Å²) in [7, 11) is 0. The summed E-state index contributed by atoms with van der Waals surface area (Å²) in [6.07, 6.45) is 0. The highest BCUT2D eigenvalue weighted by molar-refractivity contribution is 6.35. The van der Waals surface area contributed by atoms with Gasteiger partial charge in [0.15, 0.2) is 10.7 Å². The van der Waals surface area contributed by atoms with Gasteiger partial charge < -0.3 is 20.2 Å². The number of H-pyrrole nitrogens is 1. The fourth-order valence-electron chi connectivity index (χ4n) is 2.24. The van der Waals surface area contributed by atoms with Crippen LogP contribution in [0.4, 0.5) is 17.2 Å². The van der Waals surface area contributed by atoms with Crippen LogP contribution in [-0.2, 0) is 0 Å². The number of amides is 1. The zero-order chi connectivity index (χ0) is 21.1. The first-order chi connectivity index (χ1) is 13.7. The number of nitrogens with one attached hydrogen (secondary N) is 2. The predicted molar refractivity (Wildman–Crippen MR) is 103 cm³/mol. The van der Waals surface area contributed by atoms with Crippen molar-refractivity contribution in [2.75, 3.05) is 5.32 Å². The largest absolute Gasteiger partial charge is 0.457 e. The molecule has 1 heterocycles. The second-order valence-corrected chi connectivity index (χ2v) is 6.29. The molecule has 0 fully saturated rings. The number of benzene rings is 2. The first-order valence-electron chi connectivity index (χ1n) is 7.67. The lowest BCUT2D eigenvalue weighted by Crippen LogP contribution is -2.13. The van der Waals surface area contributed by atoms with Crippen LogP contribution in [0.5, 0.6) is 11.5 Å². The smallest absolute Gasteiger partial charge is 0.362 e. The number of carbonyl (C=O) groups is 1. The zero-order valence-electron chi connectivity index (χ0n) is 14.1. The molecule has 0 atom stereocenters. The number of nitro groups is 2. The van der Waals surface area contributed by atoms with Gasteiger partial charge in [0.1, 0.15) is 11.5 Å². The number of nitrogens with zero attached hydrogens (tertiary/aromatic N) is 3. The van der Waals surface area contributed by atoms with E-state index in [1.54, 1.807) is 24.3 Å². The summed E-state index contributed by atoms with van der Waals surface area (Å²) < 4.78 is 5.56. The Morgan fingerprint density at radius 2 is 1.72 bits per heavy atom. The van der Waals surface area contributed by atoms with Crippen LogP contribution < -0.4 is 10.1 Å². The molecule has 0 aliphatic carbocycles. The average molecular weight is 438 g/mol. The molecule has 0 bridgehead atoms. The zero-order valence-corrected chi connectivity index (χ0v) is 15.6. The van der Waals surface area contributed by atoms with Gasteiger partial charge in [-0.2, -0.15) is 0 Å². The van der Waals surface area contributed by atoms with Gasteiger partial charge in [-0.05, 0) is 29.2 Å². The summed E-state index contributed by atoms with van der Waals surface area (Å²) in [5.41, 5.74) is -0.800. The molecule has 13 heteroatoms. The van der Waals surface area contributed by atoms with E-state index in [2.05, 4.69) is 10.4 Å². The average Bonchev–Trinajstić information content (AvgIpc) is 3.05. The highest BCUT2D eigenvalue weighted by Gasteiger charge is 2.25. The summed E-state index contributed by atoms with van der Waals surface area (Å²) in [6.45, 7) is 0. The highest BCUT2D eigenvalue weighted by atomic mass is 35.5. The summed E-state index contributed by atoms with van der Waals surface area (Å²) in [6, 6.07) is 9.84. The molecule has 2 aromatic carbocycles. The third kappa shape index (κ3) is 4.59. The number of hydrogen-bond acceptors (Lipinski definition) is 7. The Kier molecular flexibility index (Phi) is 5.61. The van der Waals surface area contributed by atoms with Crippen molar-refractivity contribution in [3.05, 3.63) is 78.4 Å². The summed E-state index contributed by atoms with van der Waals surface area (Å²) in [5, 5.41) is 29.9. The molecule has 29 heavy (non-hydrogen) atoms. The standard InChI is InChI=1S/C16H9Cl2N5O6/c17-8-1-3-11(4-2-8)29-12-6-9(5-10(7-12)22(25)26)19-16(24)14-13(18)15(21-20-14)23(27)28/h1-7H,(H,19,24)(H,20,21). The van der Waals surface area contributed by atoms with Crippen LogP contribution in [0.3, 0.4) is 0 Å². The molecule has 2 N–H and O–H groups in total. The number of hydrogen-bond donors (Lipinski definition) is 2. The van der Waals surface area contributed by atoms with Crippen molar-refractivity contribution >= 4 is 46.3 Å². The Labute approximate surface area is 171 Å². The molecule has 0 saturated carbocycles. The van der Waals surface area contributed by atoms with Crippen molar-refractivity contribution in [1.82, 2.24) is 10.2 Å². The van der Waals surface area contributed by atoms with Gasteiger partial charge in [-0.15, -0.1) is 5.10 Å². The molecule has 0 saturated heterocycles. The minimum absolute atomic E-state index is 0.00474. The maximum atomic E-state index is 12.3. The second kappa shape index (κ2) is 8.12. The van der Waals surface area contributed by atoms with Gasteiger partial charge in [-0.25, -0.2) is 0 Å². The van der Waals surface area contributed by atoms with Gasteiger partial charge in [0.2, 0.25) is 0 Å². The number of aromatic nitrogens is 2. The quantitative estimate of drug-likeness (QED) is 0.422. The number of rotatable bonds is 6. The number of ether oxygens (including phenoxy) is 1. The molecule has 0 aliphatic heterocycles. The van der Waals surface area contributed by atoms with Gasteiger partial charge in [0.05, 0.1) is 16.7 Å². The van der Waals surface area contributed by atoms with Crippen LogP contribution in [0.25, 0.3) is 0 Å². The van der Waals surface area contributed by atoms with E-state index in [-0.39, 0.29) is 17.1 Å². The van der Waals surface area contributed by atoms with Crippen LogP contribution in [0.1, 0.15) is 10.5 Å². The Balaban J connectivity index is 1.89. The lowest BCUT2D eigenvalue weighted by Gasteiger charge is -2.09. The topological polar surface area (TPSA) is 153 Å². The molecular formula is C16H9Cl2N5O6. The van der Waals surface area contributed by atoms with E-state index in [1.807, 2.05) is 5.10 Å². The fraction of sp³-hybridized carbons (Fsp3) is 0. The summed E-state index contributed by atoms with van der Waals surface area (Å²) in [5.74, 6) is -1.13. The number of aromatic amines is 1. The Hall–Kier alpha value is -3.70. The molecule has 11 nitrogen and oxygen atoms in total. The monoisotopic (exact) mass is 437 g/mol. The van der Waals surface area contributed by atoms with Crippen LogP contribution in [0, 0.1) is 20.2 Å². The summed E-state index contributed by atoms with van der Waals surface area (Å²) in [4.78, 5) is 32.8. The van der Waals surface area contributed by atoms with Crippen molar-refractivity contribution in [3.63, 3.8) is 0 Å². The normalized spacial score (nSPS) is 10.4. The van der Waals surface area contributed by atoms with Gasteiger partial charge in [-0.1, -0.05) is 28.3 Å². The van der Waals surface area contributed by atoms with Crippen LogP contribution in [0.15, 0.2) is 42.5 Å². The van der Waals surface area contributed by atoms with Crippen LogP contribution in [0.2, 0.25) is 10.0 Å². The number of non-ortho nitro benzene ring substituents is 1. The molecule has 148 valence electrons. The van der Waals surface area contributed by atoms with Crippen molar-refractivity contribution in [3.8, 4) is 11.5 Å². The Bertz CT molecular complexity index is 1120. The van der Waals surface area contributed by atoms with Crippen molar-refractivity contribution < 1.29 is 19.4 Å². The van der Waals surface area contributed by atoms with E-state index in [0.29, 0.717) is 10.8 Å². The molecule has 0 spiro atoms. The van der Waals surface area contributed by atoms with E-state index < -0.39 is 32.3 Å². The van der Waals surface area contributed by atoms with Crippen molar-refractivity contribution in [2.45, 2.75) is 0 Å². The maximum absolute atomic E-state index is 12.3. The lowest BCUT2D eigenvalue weighted by atomic mass is 10.2. The Morgan fingerprint density at radius 1 is 1.03 bits per heavy atom. The molecule has 0 unspecified atom stereocenters. The van der Waals surface area contributed by atoms with E-state index in [0.717, 1.165) is 12.1 Å². The maximum Gasteiger partial charge on any atom is 0.362 e. The molecule has 3 rings (SSSR count). The third-order valence-electron chi connectivity index (χ3n) is 3.50. The highest BCUT2D eigenvalue weighted by Crippen LogP contribution is 2.31. The predicted octanol–water partition coefficient (Wildman–Crippen LogP) is 4.58. The van der Waals surface area contributed by atoms with E-state index in [1.165, 1.54) is 6.07 Å². The summed E-state index contributed by atoms with van der Waals surface area (Å²) >= 11 is 11.6. The second-order valence-electron chi connectivity index (χ2n) is 5.47. The van der Waals surface area contributed by atoms with Gasteiger partial charge in [0.25, 0.3) is 11.6 Å². The van der Waals surface area contributed by atoms with Crippen LogP contribution in [-0.4, -0.2) is 26.0 Å². The Morgan fingerprint density at radius 3 is 2.31 bits per heavy atom. The fourth-order valence-corrected chi connectivity index (χ4v) is 2.60. The molecule has 0 aliphatic rings. The minimum Gasteiger partial charge on any atom is -0.457 e. The van der Waals surface area contributed by atoms with Gasteiger partial charge in [-0.3, -0.25) is 14.9 Å². The minimum atomic E-state index is -0.905. The first-order valence-corrected chi connectivity index (χ1v) is 8.42. The number of carbonyl (C=O) groups excluding carboxylic acids is 1. The molecule has 1 amide bonds. The molecule has 1 aromatic heterocycles. The SMILES string of the molecule is O=C(Nc1cc(Oc2ccc(Cl)cc2)cc([N+](=O)[O-])c1)c1n[nH]c([N+](=O)[O-])c1Cl. The number of nitro benzene ring substituents is 1. The number of anilines is 1. The van der Waals surface area contributed by atoms with E-state index in [4.69, 9.17) is 27.9 Å². The van der Waals surface area contributed by atoms with E-state index in [9.17, 15) is 25.0 Å². The molecular weight excluding hydrogens is 429 g/mol. The van der Waals surface area contributed by atoms with E-state index >= 15 is 0 Å². The molecule has 3 aromatic rings. The first kappa shape index (κ1) is 20.0. The van der Waals surface area contributed by atoms with Gasteiger partial charge in [0, 0.05) is 17.2 Å². The van der Waals surface area contributed by atoms with Crippen LogP contribution >= 0.6 is 23.2 Å². The van der Waals surface area contributed by atoms with Crippen molar-refractivity contribution in [1.29, 1.82) is 0 Å². The third-order valence-corrected chi connectivity index (χ3v) is 4.11. The van der Waals surface area contributed by atoms with Gasteiger partial charge >= 0.3 is 5.82 Å². The lowest BCUT2D eigenvalue weighted by molar-refractivity contribution is -0.389. The van der Waals surface area contributed by atoms with Crippen molar-refractivity contribution in [2.24, 2.45) is 0 Å². The molecule has 0 radical (unpaired) electrons. The number of halogens is 2.